The van der Waals surface area contributed by atoms with Crippen LogP contribution < -0.4 is 0 Å². The maximum atomic E-state index is 11.9. The van der Waals surface area contributed by atoms with Gasteiger partial charge in [0.1, 0.15) is 5.69 Å². The van der Waals surface area contributed by atoms with Gasteiger partial charge in [0.25, 0.3) is 0 Å². The summed E-state index contributed by atoms with van der Waals surface area (Å²) in [7, 11) is 1.69. The number of nitrogens with zero attached hydrogens (tertiary/aromatic N) is 2. The van der Waals surface area contributed by atoms with E-state index in [-0.39, 0.29) is 5.78 Å². The standard InChI is InChI=1S/C14H18N2O2/c1-3-13(17)14-11-7-4-5-8-12(11)16(15-14)9-6-10-18-2/h4-5,7-8H,3,6,9-10H2,1-2H3. The van der Waals surface area contributed by atoms with Gasteiger partial charge in [0.2, 0.25) is 0 Å². The number of benzene rings is 1. The molecule has 4 nitrogen and oxygen atoms in total. The fourth-order valence-corrected chi connectivity index (χ4v) is 2.03. The fourth-order valence-electron chi connectivity index (χ4n) is 2.03. The number of carbonyl (C=O) groups is 1. The lowest BCUT2D eigenvalue weighted by atomic mass is 10.1. The van der Waals surface area contributed by atoms with Crippen LogP contribution in [0.15, 0.2) is 24.3 Å². The lowest BCUT2D eigenvalue weighted by Gasteiger charge is -2.02. The summed E-state index contributed by atoms with van der Waals surface area (Å²) in [5, 5.41) is 5.39. The fraction of sp³-hybridized carbons (Fsp3) is 0.429. The van der Waals surface area contributed by atoms with Crippen LogP contribution in [-0.4, -0.2) is 29.3 Å². The first-order valence-corrected chi connectivity index (χ1v) is 6.25. The topological polar surface area (TPSA) is 44.1 Å². The van der Waals surface area contributed by atoms with E-state index >= 15 is 0 Å². The number of rotatable bonds is 6. The smallest absolute Gasteiger partial charge is 0.183 e. The van der Waals surface area contributed by atoms with Crippen LogP contribution in [0.5, 0.6) is 0 Å². The Hall–Kier alpha value is -1.68. The molecule has 1 aromatic carbocycles. The van der Waals surface area contributed by atoms with Gasteiger partial charge in [-0.15, -0.1) is 0 Å². The van der Waals surface area contributed by atoms with E-state index in [9.17, 15) is 4.79 Å². The first-order valence-electron chi connectivity index (χ1n) is 6.25. The summed E-state index contributed by atoms with van der Waals surface area (Å²) < 4.78 is 6.94. The van der Waals surface area contributed by atoms with Crippen LogP contribution >= 0.6 is 0 Å². The SMILES string of the molecule is CCC(=O)c1nn(CCCOC)c2ccccc12. The van der Waals surface area contributed by atoms with Gasteiger partial charge in [-0.2, -0.15) is 5.10 Å². The first kappa shape index (κ1) is 12.8. The molecule has 0 bridgehead atoms. The number of para-hydroxylation sites is 1. The summed E-state index contributed by atoms with van der Waals surface area (Å²) in [5.41, 5.74) is 1.61. The minimum Gasteiger partial charge on any atom is -0.385 e. The van der Waals surface area contributed by atoms with Crippen molar-refractivity contribution in [2.24, 2.45) is 0 Å². The maximum Gasteiger partial charge on any atom is 0.183 e. The predicted octanol–water partition coefficient (Wildman–Crippen LogP) is 2.67. The average molecular weight is 246 g/mol. The molecule has 2 rings (SSSR count). The van der Waals surface area contributed by atoms with Gasteiger partial charge in [0.05, 0.1) is 5.52 Å². The Morgan fingerprint density at radius 3 is 2.89 bits per heavy atom. The average Bonchev–Trinajstić information content (AvgIpc) is 2.78. The van der Waals surface area contributed by atoms with Crippen molar-refractivity contribution in [2.45, 2.75) is 26.3 Å². The number of fused-ring (bicyclic) bond motifs is 1. The monoisotopic (exact) mass is 246 g/mol. The summed E-state index contributed by atoms with van der Waals surface area (Å²) >= 11 is 0. The van der Waals surface area contributed by atoms with Crippen LogP contribution in [0.25, 0.3) is 10.9 Å². The summed E-state index contributed by atoms with van der Waals surface area (Å²) in [4.78, 5) is 11.9. The van der Waals surface area contributed by atoms with Crippen LogP contribution in [0, 0.1) is 0 Å². The molecule has 0 N–H and O–H groups in total. The molecule has 0 aliphatic carbocycles. The zero-order valence-corrected chi connectivity index (χ0v) is 10.8. The molecule has 0 saturated heterocycles. The Morgan fingerprint density at radius 1 is 1.39 bits per heavy atom. The number of ketones is 1. The van der Waals surface area contributed by atoms with Crippen LogP contribution in [0.3, 0.4) is 0 Å². The van der Waals surface area contributed by atoms with Crippen molar-refractivity contribution in [1.82, 2.24) is 9.78 Å². The summed E-state index contributed by atoms with van der Waals surface area (Å²) in [6.45, 7) is 3.33. The molecule has 2 aromatic rings. The molecule has 0 fully saturated rings. The highest BCUT2D eigenvalue weighted by Gasteiger charge is 2.14. The quantitative estimate of drug-likeness (QED) is 0.581. The second kappa shape index (κ2) is 5.78. The number of methoxy groups -OCH3 is 1. The Bertz CT molecular complexity index is 546. The summed E-state index contributed by atoms with van der Waals surface area (Å²) in [6, 6.07) is 7.87. The minimum absolute atomic E-state index is 0.0942. The Labute approximate surface area is 107 Å². The Morgan fingerprint density at radius 2 is 2.17 bits per heavy atom. The van der Waals surface area contributed by atoms with E-state index in [1.54, 1.807) is 7.11 Å². The highest BCUT2D eigenvalue weighted by atomic mass is 16.5. The van der Waals surface area contributed by atoms with Gasteiger partial charge in [-0.05, 0) is 12.5 Å². The highest BCUT2D eigenvalue weighted by Crippen LogP contribution is 2.19. The van der Waals surface area contributed by atoms with Gasteiger partial charge in [0.15, 0.2) is 5.78 Å². The van der Waals surface area contributed by atoms with Gasteiger partial charge in [-0.25, -0.2) is 0 Å². The lowest BCUT2D eigenvalue weighted by Crippen LogP contribution is -2.05. The van der Waals surface area contributed by atoms with Crippen molar-refractivity contribution in [3.05, 3.63) is 30.0 Å². The zero-order chi connectivity index (χ0) is 13.0. The minimum atomic E-state index is 0.0942. The maximum absolute atomic E-state index is 11.9. The number of aryl methyl sites for hydroxylation is 1. The molecule has 0 saturated carbocycles. The van der Waals surface area contributed by atoms with Crippen LogP contribution in [0.4, 0.5) is 0 Å². The number of Topliss-reactive ketones (excluding diaryl/α,β-unsaturated/α-hetero) is 1. The molecule has 1 heterocycles. The zero-order valence-electron chi connectivity index (χ0n) is 10.8. The van der Waals surface area contributed by atoms with Gasteiger partial charge < -0.3 is 4.74 Å². The van der Waals surface area contributed by atoms with E-state index in [1.165, 1.54) is 0 Å². The van der Waals surface area contributed by atoms with Crippen molar-refractivity contribution in [3.8, 4) is 0 Å². The molecule has 18 heavy (non-hydrogen) atoms. The van der Waals surface area contributed by atoms with Crippen LogP contribution in [0.1, 0.15) is 30.3 Å². The molecule has 4 heteroatoms. The number of ether oxygens (including phenoxy) is 1. The third kappa shape index (κ3) is 2.43. The Kier molecular flexibility index (Phi) is 4.10. The van der Waals surface area contributed by atoms with Gasteiger partial charge in [0, 0.05) is 32.1 Å². The molecule has 0 amide bonds. The van der Waals surface area contributed by atoms with E-state index in [4.69, 9.17) is 4.74 Å². The molecule has 0 unspecified atom stereocenters. The van der Waals surface area contributed by atoms with Crippen molar-refractivity contribution < 1.29 is 9.53 Å². The normalized spacial score (nSPS) is 11.0. The molecule has 0 aliphatic rings. The van der Waals surface area contributed by atoms with E-state index in [2.05, 4.69) is 5.10 Å². The molecule has 1 aromatic heterocycles. The molecule has 0 atom stereocenters. The molecular weight excluding hydrogens is 228 g/mol. The third-order valence-electron chi connectivity index (χ3n) is 2.96. The van der Waals surface area contributed by atoms with E-state index in [0.717, 1.165) is 23.9 Å². The van der Waals surface area contributed by atoms with Crippen molar-refractivity contribution in [3.63, 3.8) is 0 Å². The van der Waals surface area contributed by atoms with Crippen LogP contribution in [0.2, 0.25) is 0 Å². The predicted molar refractivity (Wildman–Crippen MR) is 70.8 cm³/mol. The lowest BCUT2D eigenvalue weighted by molar-refractivity contribution is 0.0984. The number of hydrogen-bond acceptors (Lipinski definition) is 3. The molecule has 0 spiro atoms. The molecule has 96 valence electrons. The van der Waals surface area contributed by atoms with Gasteiger partial charge in [-0.1, -0.05) is 25.1 Å². The van der Waals surface area contributed by atoms with Crippen molar-refractivity contribution in [1.29, 1.82) is 0 Å². The summed E-state index contributed by atoms with van der Waals surface area (Å²) in [5.74, 6) is 0.0942. The van der Waals surface area contributed by atoms with Gasteiger partial charge in [-0.3, -0.25) is 9.48 Å². The summed E-state index contributed by atoms with van der Waals surface area (Å²) in [6.07, 6.45) is 1.38. The molecule has 0 aliphatic heterocycles. The number of aromatic nitrogens is 2. The number of carbonyl (C=O) groups excluding carboxylic acids is 1. The number of hydrogen-bond donors (Lipinski definition) is 0. The van der Waals surface area contributed by atoms with E-state index < -0.39 is 0 Å². The van der Waals surface area contributed by atoms with Crippen LogP contribution in [-0.2, 0) is 11.3 Å². The third-order valence-corrected chi connectivity index (χ3v) is 2.96. The highest BCUT2D eigenvalue weighted by molar-refractivity contribution is 6.05. The van der Waals surface area contributed by atoms with Gasteiger partial charge >= 0.3 is 0 Å². The van der Waals surface area contributed by atoms with E-state index in [0.29, 0.717) is 18.7 Å². The largest absolute Gasteiger partial charge is 0.385 e. The second-order valence-corrected chi connectivity index (χ2v) is 4.21. The molecule has 0 radical (unpaired) electrons. The second-order valence-electron chi connectivity index (χ2n) is 4.21. The van der Waals surface area contributed by atoms with Crippen molar-refractivity contribution in [2.75, 3.05) is 13.7 Å². The first-order chi connectivity index (χ1) is 8.77. The Balaban J connectivity index is 2.38. The van der Waals surface area contributed by atoms with Crippen molar-refractivity contribution >= 4 is 16.7 Å². The molecular formula is C14H18N2O2. The van der Waals surface area contributed by atoms with E-state index in [1.807, 2.05) is 35.9 Å².